The van der Waals surface area contributed by atoms with E-state index in [0.717, 1.165) is 36.3 Å². The van der Waals surface area contributed by atoms with E-state index in [1.165, 1.54) is 25.1 Å². The summed E-state index contributed by atoms with van der Waals surface area (Å²) in [4.78, 5) is 2.58. The lowest BCUT2D eigenvalue weighted by atomic mass is 10.0. The second-order valence-electron chi connectivity index (χ2n) is 5.44. The first-order valence-electron chi connectivity index (χ1n) is 6.85. The number of fused-ring (bicyclic) bond motifs is 1. The molecule has 1 N–H and O–H groups in total. The van der Waals surface area contributed by atoms with Crippen LogP contribution < -0.4 is 5.32 Å². The van der Waals surface area contributed by atoms with Crippen LogP contribution in [0, 0.1) is 5.92 Å². The van der Waals surface area contributed by atoms with Gasteiger partial charge in [-0.15, -0.1) is 0 Å². The van der Waals surface area contributed by atoms with Gasteiger partial charge in [0.05, 0.1) is 5.69 Å². The van der Waals surface area contributed by atoms with Crippen molar-refractivity contribution in [2.75, 3.05) is 19.6 Å². The van der Waals surface area contributed by atoms with Crippen molar-refractivity contribution >= 4 is 11.6 Å². The summed E-state index contributed by atoms with van der Waals surface area (Å²) in [5, 5.41) is 8.80. The highest BCUT2D eigenvalue weighted by Gasteiger charge is 2.37. The third kappa shape index (κ3) is 1.96. The fraction of sp³-hybridized carbons (Fsp3) is 0.769. The molecular weight excluding hydrogens is 248 g/mol. The van der Waals surface area contributed by atoms with Crippen LogP contribution in [-0.4, -0.2) is 40.4 Å². The monoisotopic (exact) mass is 268 g/mol. The van der Waals surface area contributed by atoms with Gasteiger partial charge in [0.2, 0.25) is 0 Å². The average Bonchev–Trinajstić information content (AvgIpc) is 3.01. The zero-order valence-corrected chi connectivity index (χ0v) is 11.9. The van der Waals surface area contributed by atoms with Crippen molar-refractivity contribution in [1.29, 1.82) is 0 Å². The van der Waals surface area contributed by atoms with E-state index in [9.17, 15) is 0 Å². The summed E-state index contributed by atoms with van der Waals surface area (Å²) in [6, 6.07) is 0.700. The fourth-order valence-corrected chi connectivity index (χ4v) is 3.58. The minimum absolute atomic E-state index is 0.700. The molecule has 4 nitrogen and oxygen atoms in total. The van der Waals surface area contributed by atoms with Gasteiger partial charge in [0, 0.05) is 31.7 Å². The molecule has 0 saturated carbocycles. The minimum Gasteiger partial charge on any atom is -0.315 e. The molecule has 1 aromatic rings. The molecule has 2 atom stereocenters. The lowest BCUT2D eigenvalue weighted by Gasteiger charge is -2.23. The van der Waals surface area contributed by atoms with E-state index >= 15 is 0 Å². The van der Waals surface area contributed by atoms with Gasteiger partial charge in [-0.1, -0.05) is 18.5 Å². The molecule has 2 aliphatic heterocycles. The Morgan fingerprint density at radius 1 is 1.44 bits per heavy atom. The van der Waals surface area contributed by atoms with Crippen LogP contribution in [0.4, 0.5) is 0 Å². The zero-order valence-electron chi connectivity index (χ0n) is 11.1. The predicted molar refractivity (Wildman–Crippen MR) is 72.8 cm³/mol. The molecule has 0 spiro atoms. The zero-order chi connectivity index (χ0) is 12.7. The lowest BCUT2D eigenvalue weighted by molar-refractivity contribution is 0.243. The molecule has 3 rings (SSSR count). The van der Waals surface area contributed by atoms with E-state index in [4.69, 9.17) is 11.6 Å². The summed E-state index contributed by atoms with van der Waals surface area (Å²) in [5.74, 6) is 0.838. The molecule has 3 heterocycles. The average molecular weight is 269 g/mol. The maximum atomic E-state index is 6.37. The normalized spacial score (nSPS) is 27.9. The Balaban J connectivity index is 1.80. The van der Waals surface area contributed by atoms with Gasteiger partial charge in [-0.3, -0.25) is 9.58 Å². The molecule has 0 radical (unpaired) electrons. The third-order valence-corrected chi connectivity index (χ3v) is 4.88. The number of aromatic nitrogens is 2. The van der Waals surface area contributed by atoms with E-state index < -0.39 is 0 Å². The highest BCUT2D eigenvalue weighted by molar-refractivity contribution is 6.30. The van der Waals surface area contributed by atoms with Crippen LogP contribution in [0.3, 0.4) is 0 Å². The Labute approximate surface area is 113 Å². The maximum absolute atomic E-state index is 6.37. The number of nitrogens with zero attached hydrogens (tertiary/aromatic N) is 3. The van der Waals surface area contributed by atoms with E-state index in [1.54, 1.807) is 4.68 Å². The van der Waals surface area contributed by atoms with Gasteiger partial charge in [0.1, 0.15) is 5.15 Å². The Kier molecular flexibility index (Phi) is 3.34. The molecule has 5 heteroatoms. The Morgan fingerprint density at radius 2 is 2.28 bits per heavy atom. The smallest absolute Gasteiger partial charge is 0.131 e. The molecule has 0 bridgehead atoms. The van der Waals surface area contributed by atoms with Crippen LogP contribution in [0.5, 0.6) is 0 Å². The van der Waals surface area contributed by atoms with Gasteiger partial charge in [0.25, 0.3) is 0 Å². The highest BCUT2D eigenvalue weighted by atomic mass is 35.5. The van der Waals surface area contributed by atoms with Crippen molar-refractivity contribution in [2.24, 2.45) is 13.0 Å². The van der Waals surface area contributed by atoms with E-state index in [2.05, 4.69) is 22.2 Å². The van der Waals surface area contributed by atoms with Crippen molar-refractivity contribution < 1.29 is 0 Å². The summed E-state index contributed by atoms with van der Waals surface area (Å²) >= 11 is 6.37. The third-order valence-electron chi connectivity index (χ3n) is 4.41. The standard InChI is InChI=1S/C13H21ClN4/c1-3-11-10(13(14)17(2)16-11)8-18-5-4-9-6-15-7-12(9)18/h9,12,15H,3-8H2,1-2H3/t9-,12+/m0/s1. The summed E-state index contributed by atoms with van der Waals surface area (Å²) in [6.07, 6.45) is 2.27. The number of hydrogen-bond donors (Lipinski definition) is 1. The van der Waals surface area contributed by atoms with Gasteiger partial charge in [-0.2, -0.15) is 5.10 Å². The van der Waals surface area contributed by atoms with E-state index in [-0.39, 0.29) is 0 Å². The molecule has 0 unspecified atom stereocenters. The molecular formula is C13H21ClN4. The number of rotatable bonds is 3. The number of hydrogen-bond acceptors (Lipinski definition) is 3. The number of nitrogens with one attached hydrogen (secondary N) is 1. The maximum Gasteiger partial charge on any atom is 0.131 e. The number of aryl methyl sites for hydroxylation is 2. The quantitative estimate of drug-likeness (QED) is 0.900. The molecule has 0 aromatic carbocycles. The molecule has 100 valence electrons. The van der Waals surface area contributed by atoms with Crippen LogP contribution in [-0.2, 0) is 20.0 Å². The SMILES string of the molecule is CCc1nn(C)c(Cl)c1CN1CC[C@H]2CNC[C@H]21. The first-order valence-corrected chi connectivity index (χ1v) is 7.23. The molecule has 0 amide bonds. The summed E-state index contributed by atoms with van der Waals surface area (Å²) in [6.45, 7) is 6.61. The highest BCUT2D eigenvalue weighted by Crippen LogP contribution is 2.31. The van der Waals surface area contributed by atoms with Crippen LogP contribution in [0.2, 0.25) is 5.15 Å². The van der Waals surface area contributed by atoms with Gasteiger partial charge >= 0.3 is 0 Å². The van der Waals surface area contributed by atoms with E-state index in [0.29, 0.717) is 6.04 Å². The van der Waals surface area contributed by atoms with Crippen molar-refractivity contribution in [2.45, 2.75) is 32.4 Å². The van der Waals surface area contributed by atoms with E-state index in [1.807, 2.05) is 7.05 Å². The summed E-state index contributed by atoms with van der Waals surface area (Å²) in [5.41, 5.74) is 2.38. The molecule has 1 aromatic heterocycles. The van der Waals surface area contributed by atoms with Crippen LogP contribution >= 0.6 is 11.6 Å². The summed E-state index contributed by atoms with van der Waals surface area (Å²) in [7, 11) is 1.93. The van der Waals surface area contributed by atoms with Gasteiger partial charge in [0.15, 0.2) is 0 Å². The Hall–Kier alpha value is -0.580. The van der Waals surface area contributed by atoms with Crippen molar-refractivity contribution in [3.05, 3.63) is 16.4 Å². The van der Waals surface area contributed by atoms with Crippen LogP contribution in [0.15, 0.2) is 0 Å². The largest absolute Gasteiger partial charge is 0.315 e. The minimum atomic E-state index is 0.700. The van der Waals surface area contributed by atoms with Gasteiger partial charge in [-0.25, -0.2) is 0 Å². The molecule has 2 fully saturated rings. The van der Waals surface area contributed by atoms with Crippen molar-refractivity contribution in [1.82, 2.24) is 20.0 Å². The summed E-state index contributed by atoms with van der Waals surface area (Å²) < 4.78 is 1.80. The molecule has 0 aliphatic carbocycles. The molecule has 18 heavy (non-hydrogen) atoms. The number of likely N-dealkylation sites (tertiary alicyclic amines) is 1. The van der Waals surface area contributed by atoms with Crippen molar-refractivity contribution in [3.63, 3.8) is 0 Å². The Bertz CT molecular complexity index is 442. The second kappa shape index (κ2) is 4.83. The van der Waals surface area contributed by atoms with Crippen molar-refractivity contribution in [3.8, 4) is 0 Å². The molecule has 2 aliphatic rings. The lowest BCUT2D eigenvalue weighted by Crippen LogP contribution is -2.33. The Morgan fingerprint density at radius 3 is 3.06 bits per heavy atom. The first-order chi connectivity index (χ1) is 8.70. The fourth-order valence-electron chi connectivity index (χ4n) is 3.38. The van der Waals surface area contributed by atoms with Gasteiger partial charge < -0.3 is 5.32 Å². The topological polar surface area (TPSA) is 33.1 Å². The van der Waals surface area contributed by atoms with Gasteiger partial charge in [-0.05, 0) is 31.8 Å². The van der Waals surface area contributed by atoms with Crippen LogP contribution in [0.1, 0.15) is 24.6 Å². The number of halogens is 1. The second-order valence-corrected chi connectivity index (χ2v) is 5.80. The molecule has 2 saturated heterocycles. The van der Waals surface area contributed by atoms with Crippen LogP contribution in [0.25, 0.3) is 0 Å². The first kappa shape index (κ1) is 12.5. The predicted octanol–water partition coefficient (Wildman–Crippen LogP) is 1.43.